The minimum absolute atomic E-state index is 0.140. The van der Waals surface area contributed by atoms with Crippen LogP contribution in [0, 0.1) is 0 Å². The highest BCUT2D eigenvalue weighted by molar-refractivity contribution is 5.68. The lowest BCUT2D eigenvalue weighted by molar-refractivity contribution is -0.140. The van der Waals surface area contributed by atoms with Crippen LogP contribution in [-0.4, -0.2) is 50.7 Å². The number of methoxy groups -OCH3 is 1. The van der Waals surface area contributed by atoms with Crippen LogP contribution in [0.2, 0.25) is 0 Å². The fraction of sp³-hybridized carbons (Fsp3) is 0.900. The first-order chi connectivity index (χ1) is 7.24. The largest absolute Gasteiger partial charge is 0.469 e. The molecule has 90 valence electrons. The topological polar surface area (TPSA) is 81.6 Å². The Morgan fingerprint density at radius 2 is 1.73 bits per heavy atom. The molecular weight excluding hydrogens is 194 g/mol. The fourth-order valence-electron chi connectivity index (χ4n) is 1.41. The van der Waals surface area contributed by atoms with Gasteiger partial charge < -0.3 is 21.1 Å². The number of rotatable bonds is 9. The van der Waals surface area contributed by atoms with Gasteiger partial charge >= 0.3 is 5.97 Å². The number of nitrogens with two attached hydrogens (primary N) is 2. The van der Waals surface area contributed by atoms with Crippen LogP contribution in [0.1, 0.15) is 19.3 Å². The average molecular weight is 217 g/mol. The highest BCUT2D eigenvalue weighted by atomic mass is 16.5. The molecule has 0 rings (SSSR count). The van der Waals surface area contributed by atoms with E-state index in [1.54, 1.807) is 0 Å². The fourth-order valence-corrected chi connectivity index (χ4v) is 1.41. The van der Waals surface area contributed by atoms with Crippen LogP contribution < -0.4 is 11.5 Å². The first-order valence-corrected chi connectivity index (χ1v) is 5.44. The lowest BCUT2D eigenvalue weighted by Gasteiger charge is -2.20. The summed E-state index contributed by atoms with van der Waals surface area (Å²) in [6, 6.07) is 0. The lowest BCUT2D eigenvalue weighted by Crippen LogP contribution is -2.34. The zero-order chi connectivity index (χ0) is 11.5. The van der Waals surface area contributed by atoms with Crippen LogP contribution in [0.5, 0.6) is 0 Å². The van der Waals surface area contributed by atoms with Crippen molar-refractivity contribution in [2.24, 2.45) is 11.5 Å². The molecule has 0 spiro atoms. The van der Waals surface area contributed by atoms with Crippen molar-refractivity contribution in [3.8, 4) is 0 Å². The Labute approximate surface area is 91.7 Å². The Balaban J connectivity index is 3.48. The summed E-state index contributed by atoms with van der Waals surface area (Å²) < 4.78 is 4.56. The summed E-state index contributed by atoms with van der Waals surface area (Å²) in [5.41, 5.74) is 11.0. The smallest absolute Gasteiger partial charge is 0.305 e. The Morgan fingerprint density at radius 3 is 2.20 bits per heavy atom. The van der Waals surface area contributed by atoms with Crippen molar-refractivity contribution in [2.75, 3.05) is 39.8 Å². The second kappa shape index (κ2) is 9.89. The van der Waals surface area contributed by atoms with Gasteiger partial charge in [0.2, 0.25) is 0 Å². The van der Waals surface area contributed by atoms with Gasteiger partial charge in [-0.05, 0) is 19.4 Å². The summed E-state index contributed by atoms with van der Waals surface area (Å²) in [4.78, 5) is 13.1. The van der Waals surface area contributed by atoms with Crippen molar-refractivity contribution >= 4 is 5.97 Å². The maximum absolute atomic E-state index is 10.8. The van der Waals surface area contributed by atoms with Crippen LogP contribution in [-0.2, 0) is 9.53 Å². The number of hydrogen-bond donors (Lipinski definition) is 2. The number of ether oxygens (including phenoxy) is 1. The number of unbranched alkanes of at least 4 members (excludes halogenated alkanes) is 1. The van der Waals surface area contributed by atoms with Crippen molar-refractivity contribution in [3.05, 3.63) is 0 Å². The molecule has 0 aromatic carbocycles. The van der Waals surface area contributed by atoms with Gasteiger partial charge in [0, 0.05) is 32.6 Å². The Morgan fingerprint density at radius 1 is 1.13 bits per heavy atom. The maximum Gasteiger partial charge on any atom is 0.305 e. The Hall–Kier alpha value is -0.650. The van der Waals surface area contributed by atoms with Crippen LogP contribution in [0.4, 0.5) is 0 Å². The van der Waals surface area contributed by atoms with Crippen LogP contribution in [0.3, 0.4) is 0 Å². The number of carbonyl (C=O) groups excluding carboxylic acids is 1. The van der Waals surface area contributed by atoms with Crippen LogP contribution in [0.15, 0.2) is 0 Å². The molecule has 0 aromatic rings. The molecule has 0 heterocycles. The third-order valence-electron chi connectivity index (χ3n) is 2.22. The van der Waals surface area contributed by atoms with E-state index in [2.05, 4.69) is 9.64 Å². The normalized spacial score (nSPS) is 10.7. The highest BCUT2D eigenvalue weighted by Gasteiger charge is 2.04. The van der Waals surface area contributed by atoms with Gasteiger partial charge in [0.25, 0.3) is 0 Å². The Bertz CT molecular complexity index is 159. The standard InChI is InChI=1S/C10H23N3O2/c1-15-10(14)4-2-3-7-13(8-5-11)9-6-12/h2-9,11-12H2,1H3. The number of carbonyl (C=O) groups is 1. The van der Waals surface area contributed by atoms with Crippen molar-refractivity contribution in [2.45, 2.75) is 19.3 Å². The molecule has 0 unspecified atom stereocenters. The molecule has 0 saturated carbocycles. The second-order valence-electron chi connectivity index (χ2n) is 3.45. The van der Waals surface area contributed by atoms with Gasteiger partial charge in [-0.1, -0.05) is 0 Å². The molecule has 0 atom stereocenters. The number of nitrogens with zero attached hydrogens (tertiary/aromatic N) is 1. The second-order valence-corrected chi connectivity index (χ2v) is 3.45. The van der Waals surface area contributed by atoms with Gasteiger partial charge in [-0.3, -0.25) is 4.79 Å². The molecule has 4 N–H and O–H groups in total. The third kappa shape index (κ3) is 8.35. The van der Waals surface area contributed by atoms with Gasteiger partial charge in [-0.15, -0.1) is 0 Å². The molecule has 5 nitrogen and oxygen atoms in total. The van der Waals surface area contributed by atoms with Gasteiger partial charge in [0.15, 0.2) is 0 Å². The van der Waals surface area contributed by atoms with E-state index in [1.807, 2.05) is 0 Å². The van der Waals surface area contributed by atoms with Gasteiger partial charge in [-0.2, -0.15) is 0 Å². The van der Waals surface area contributed by atoms with Crippen LogP contribution >= 0.6 is 0 Å². The zero-order valence-corrected chi connectivity index (χ0v) is 9.58. The molecule has 0 aliphatic heterocycles. The summed E-state index contributed by atoms with van der Waals surface area (Å²) in [5, 5.41) is 0. The summed E-state index contributed by atoms with van der Waals surface area (Å²) in [7, 11) is 1.41. The summed E-state index contributed by atoms with van der Waals surface area (Å²) in [6.45, 7) is 3.99. The predicted molar refractivity (Wildman–Crippen MR) is 60.4 cm³/mol. The summed E-state index contributed by atoms with van der Waals surface area (Å²) in [5.74, 6) is -0.140. The van der Waals surface area contributed by atoms with E-state index >= 15 is 0 Å². The van der Waals surface area contributed by atoms with Gasteiger partial charge in [0.05, 0.1) is 7.11 Å². The van der Waals surface area contributed by atoms with Crippen molar-refractivity contribution in [3.63, 3.8) is 0 Å². The average Bonchev–Trinajstić information content (AvgIpc) is 2.24. The lowest BCUT2D eigenvalue weighted by atomic mass is 10.2. The monoisotopic (exact) mass is 217 g/mol. The van der Waals surface area contributed by atoms with E-state index in [4.69, 9.17) is 11.5 Å². The van der Waals surface area contributed by atoms with E-state index in [9.17, 15) is 4.79 Å². The van der Waals surface area contributed by atoms with Crippen molar-refractivity contribution in [1.82, 2.24) is 4.90 Å². The van der Waals surface area contributed by atoms with E-state index in [0.29, 0.717) is 19.5 Å². The molecule has 0 fully saturated rings. The summed E-state index contributed by atoms with van der Waals surface area (Å²) in [6.07, 6.45) is 2.34. The molecule has 0 aliphatic rings. The van der Waals surface area contributed by atoms with Gasteiger partial charge in [0.1, 0.15) is 0 Å². The van der Waals surface area contributed by atoms with E-state index < -0.39 is 0 Å². The molecule has 0 amide bonds. The Kier molecular flexibility index (Phi) is 9.46. The summed E-state index contributed by atoms with van der Waals surface area (Å²) >= 11 is 0. The van der Waals surface area contributed by atoms with E-state index in [1.165, 1.54) is 7.11 Å². The molecule has 0 radical (unpaired) electrons. The molecule has 0 aliphatic carbocycles. The third-order valence-corrected chi connectivity index (χ3v) is 2.22. The first kappa shape index (κ1) is 14.3. The highest BCUT2D eigenvalue weighted by Crippen LogP contribution is 1.99. The molecule has 0 bridgehead atoms. The molecule has 5 heteroatoms. The minimum atomic E-state index is -0.140. The number of hydrogen-bond acceptors (Lipinski definition) is 5. The maximum atomic E-state index is 10.8. The quantitative estimate of drug-likeness (QED) is 0.404. The van der Waals surface area contributed by atoms with Crippen molar-refractivity contribution < 1.29 is 9.53 Å². The number of esters is 1. The van der Waals surface area contributed by atoms with Crippen molar-refractivity contribution in [1.29, 1.82) is 0 Å². The molecule has 0 aromatic heterocycles. The first-order valence-electron chi connectivity index (χ1n) is 5.44. The SMILES string of the molecule is COC(=O)CCCCN(CCN)CCN. The minimum Gasteiger partial charge on any atom is -0.469 e. The predicted octanol–water partition coefficient (Wildman–Crippen LogP) is -0.451. The van der Waals surface area contributed by atoms with E-state index in [-0.39, 0.29) is 5.97 Å². The zero-order valence-electron chi connectivity index (χ0n) is 9.58. The van der Waals surface area contributed by atoms with Crippen LogP contribution in [0.25, 0.3) is 0 Å². The van der Waals surface area contributed by atoms with Gasteiger partial charge in [-0.25, -0.2) is 0 Å². The molecule has 0 saturated heterocycles. The molecule has 15 heavy (non-hydrogen) atoms. The van der Waals surface area contributed by atoms with E-state index in [0.717, 1.165) is 32.5 Å². The molecular formula is C10H23N3O2.